The van der Waals surface area contributed by atoms with Gasteiger partial charge in [-0.25, -0.2) is 0 Å². The molecule has 0 bridgehead atoms. The van der Waals surface area contributed by atoms with Crippen molar-refractivity contribution in [2.24, 2.45) is 5.73 Å². The minimum Gasteiger partial charge on any atom is -0.492 e. The summed E-state index contributed by atoms with van der Waals surface area (Å²) >= 11 is 5.99. The van der Waals surface area contributed by atoms with Crippen LogP contribution in [0.25, 0.3) is 0 Å². The third-order valence-electron chi connectivity index (χ3n) is 2.25. The minimum atomic E-state index is -1.05. The zero-order valence-corrected chi connectivity index (χ0v) is 9.71. The van der Waals surface area contributed by atoms with E-state index in [9.17, 15) is 5.11 Å². The lowest BCUT2D eigenvalue weighted by atomic mass is 9.96. The summed E-state index contributed by atoms with van der Waals surface area (Å²) in [5.41, 5.74) is 5.11. The van der Waals surface area contributed by atoms with Crippen molar-refractivity contribution in [2.75, 3.05) is 13.2 Å². The molecule has 0 saturated heterocycles. The van der Waals surface area contributed by atoms with E-state index in [4.69, 9.17) is 22.1 Å². The molecule has 0 heterocycles. The lowest BCUT2D eigenvalue weighted by Crippen LogP contribution is -2.31. The monoisotopic (exact) mass is 229 g/mol. The number of benzene rings is 1. The van der Waals surface area contributed by atoms with Crippen molar-refractivity contribution in [3.8, 4) is 5.75 Å². The molecule has 3 nitrogen and oxygen atoms in total. The maximum absolute atomic E-state index is 9.92. The van der Waals surface area contributed by atoms with E-state index < -0.39 is 5.60 Å². The van der Waals surface area contributed by atoms with Crippen LogP contribution in [0.2, 0.25) is 5.02 Å². The number of halogens is 1. The first-order valence-corrected chi connectivity index (χ1v) is 5.24. The van der Waals surface area contributed by atoms with E-state index in [1.165, 1.54) is 0 Å². The fourth-order valence-corrected chi connectivity index (χ4v) is 1.46. The molecule has 0 fully saturated rings. The van der Waals surface area contributed by atoms with E-state index in [2.05, 4.69) is 0 Å². The van der Waals surface area contributed by atoms with E-state index in [1.807, 2.05) is 6.92 Å². The van der Waals surface area contributed by atoms with Crippen LogP contribution in [0.15, 0.2) is 18.2 Å². The lowest BCUT2D eigenvalue weighted by Gasteiger charge is -2.22. The van der Waals surface area contributed by atoms with Crippen molar-refractivity contribution < 1.29 is 9.84 Å². The SMILES string of the molecule is CCOc1ccc(C(C)(O)CN)cc1Cl. The van der Waals surface area contributed by atoms with E-state index in [0.29, 0.717) is 22.9 Å². The van der Waals surface area contributed by atoms with E-state index in [1.54, 1.807) is 25.1 Å². The number of nitrogens with two attached hydrogens (primary N) is 1. The predicted octanol–water partition coefficient (Wildman–Crippen LogP) is 1.90. The average molecular weight is 230 g/mol. The molecular formula is C11H16ClNO2. The van der Waals surface area contributed by atoms with Gasteiger partial charge in [0.1, 0.15) is 5.75 Å². The number of rotatable bonds is 4. The Morgan fingerprint density at radius 3 is 2.67 bits per heavy atom. The van der Waals surface area contributed by atoms with Gasteiger partial charge in [0.2, 0.25) is 0 Å². The molecule has 0 aliphatic rings. The predicted molar refractivity (Wildman–Crippen MR) is 61.2 cm³/mol. The Labute approximate surface area is 94.8 Å². The molecule has 1 aromatic carbocycles. The summed E-state index contributed by atoms with van der Waals surface area (Å²) in [5, 5.41) is 10.4. The molecule has 15 heavy (non-hydrogen) atoms. The van der Waals surface area contributed by atoms with E-state index in [-0.39, 0.29) is 6.54 Å². The highest BCUT2D eigenvalue weighted by atomic mass is 35.5. The van der Waals surface area contributed by atoms with Crippen LogP contribution in [0.5, 0.6) is 5.75 Å². The maximum Gasteiger partial charge on any atom is 0.137 e. The number of ether oxygens (including phenoxy) is 1. The molecule has 84 valence electrons. The van der Waals surface area contributed by atoms with E-state index in [0.717, 1.165) is 0 Å². The molecule has 0 saturated carbocycles. The Bertz CT molecular complexity index is 339. The van der Waals surface area contributed by atoms with Crippen molar-refractivity contribution in [1.29, 1.82) is 0 Å². The number of hydrogen-bond donors (Lipinski definition) is 2. The minimum absolute atomic E-state index is 0.150. The molecule has 0 aromatic heterocycles. The highest BCUT2D eigenvalue weighted by Gasteiger charge is 2.21. The summed E-state index contributed by atoms with van der Waals surface area (Å²) in [5.74, 6) is 0.621. The van der Waals surface area contributed by atoms with Gasteiger partial charge >= 0.3 is 0 Å². The largest absolute Gasteiger partial charge is 0.492 e. The quantitative estimate of drug-likeness (QED) is 0.829. The van der Waals surface area contributed by atoms with Gasteiger partial charge in [0.05, 0.1) is 17.2 Å². The Morgan fingerprint density at radius 2 is 2.20 bits per heavy atom. The van der Waals surface area contributed by atoms with Gasteiger partial charge in [0, 0.05) is 6.54 Å². The Kier molecular flexibility index (Phi) is 3.97. The standard InChI is InChI=1S/C11H16ClNO2/c1-3-15-10-5-4-8(6-9(10)12)11(2,14)7-13/h4-6,14H,3,7,13H2,1-2H3. The second kappa shape index (κ2) is 4.84. The third kappa shape index (κ3) is 2.84. The molecular weight excluding hydrogens is 214 g/mol. The van der Waals surface area contributed by atoms with Crippen molar-refractivity contribution >= 4 is 11.6 Å². The molecule has 0 aliphatic heterocycles. The third-order valence-corrected chi connectivity index (χ3v) is 2.55. The van der Waals surface area contributed by atoms with Crippen molar-refractivity contribution in [3.63, 3.8) is 0 Å². The first kappa shape index (κ1) is 12.3. The highest BCUT2D eigenvalue weighted by molar-refractivity contribution is 6.32. The van der Waals surface area contributed by atoms with Crippen LogP contribution >= 0.6 is 11.6 Å². The normalized spacial score (nSPS) is 14.7. The Balaban J connectivity index is 3.01. The van der Waals surface area contributed by atoms with Crippen molar-refractivity contribution in [3.05, 3.63) is 28.8 Å². The summed E-state index contributed by atoms with van der Waals surface area (Å²) in [7, 11) is 0. The summed E-state index contributed by atoms with van der Waals surface area (Å²) in [6.07, 6.45) is 0. The van der Waals surface area contributed by atoms with Gasteiger partial charge in [-0.1, -0.05) is 17.7 Å². The van der Waals surface area contributed by atoms with Gasteiger partial charge in [0.15, 0.2) is 0 Å². The van der Waals surface area contributed by atoms with Gasteiger partial charge in [-0.05, 0) is 31.5 Å². The summed E-state index contributed by atoms with van der Waals surface area (Å²) < 4.78 is 5.29. The van der Waals surface area contributed by atoms with Crippen LogP contribution < -0.4 is 10.5 Å². The van der Waals surface area contributed by atoms with Crippen molar-refractivity contribution in [2.45, 2.75) is 19.4 Å². The van der Waals surface area contributed by atoms with Crippen LogP contribution in [0, 0.1) is 0 Å². The second-order valence-electron chi connectivity index (χ2n) is 3.56. The molecule has 3 N–H and O–H groups in total. The summed E-state index contributed by atoms with van der Waals surface area (Å²) in [6.45, 7) is 4.25. The van der Waals surface area contributed by atoms with Crippen molar-refractivity contribution in [1.82, 2.24) is 0 Å². The smallest absolute Gasteiger partial charge is 0.137 e. The molecule has 4 heteroatoms. The first-order valence-electron chi connectivity index (χ1n) is 4.86. The number of aliphatic hydroxyl groups is 1. The van der Waals surface area contributed by atoms with Crippen LogP contribution in [0.3, 0.4) is 0 Å². The summed E-state index contributed by atoms with van der Waals surface area (Å²) in [4.78, 5) is 0. The van der Waals surface area contributed by atoms with Gasteiger partial charge in [-0.2, -0.15) is 0 Å². The Hall–Kier alpha value is -0.770. The van der Waals surface area contributed by atoms with Crippen LogP contribution in [-0.4, -0.2) is 18.3 Å². The molecule has 1 aromatic rings. The van der Waals surface area contributed by atoms with Crippen LogP contribution in [-0.2, 0) is 5.60 Å². The maximum atomic E-state index is 9.92. The zero-order chi connectivity index (χ0) is 11.5. The molecule has 1 unspecified atom stereocenters. The van der Waals surface area contributed by atoms with E-state index >= 15 is 0 Å². The summed E-state index contributed by atoms with van der Waals surface area (Å²) in [6, 6.07) is 5.19. The molecule has 0 radical (unpaired) electrons. The lowest BCUT2D eigenvalue weighted by molar-refractivity contribution is 0.0668. The average Bonchev–Trinajstić information content (AvgIpc) is 2.21. The highest BCUT2D eigenvalue weighted by Crippen LogP contribution is 2.29. The van der Waals surface area contributed by atoms with Crippen LogP contribution in [0.4, 0.5) is 0 Å². The van der Waals surface area contributed by atoms with Gasteiger partial charge in [-0.3, -0.25) is 0 Å². The second-order valence-corrected chi connectivity index (χ2v) is 3.96. The van der Waals surface area contributed by atoms with Crippen LogP contribution in [0.1, 0.15) is 19.4 Å². The number of hydrogen-bond acceptors (Lipinski definition) is 3. The first-order chi connectivity index (χ1) is 7.01. The fraction of sp³-hybridized carbons (Fsp3) is 0.455. The van der Waals surface area contributed by atoms with Gasteiger partial charge in [0.25, 0.3) is 0 Å². The topological polar surface area (TPSA) is 55.5 Å². The molecule has 0 aliphatic carbocycles. The fourth-order valence-electron chi connectivity index (χ4n) is 1.23. The molecule has 1 rings (SSSR count). The molecule has 0 spiro atoms. The van der Waals surface area contributed by atoms with Gasteiger partial charge in [-0.15, -0.1) is 0 Å². The molecule has 0 amide bonds. The molecule has 1 atom stereocenters. The van der Waals surface area contributed by atoms with Gasteiger partial charge < -0.3 is 15.6 Å². The Morgan fingerprint density at radius 1 is 1.53 bits per heavy atom. The zero-order valence-electron chi connectivity index (χ0n) is 8.96.